The topological polar surface area (TPSA) is 63.6 Å². The van der Waals surface area contributed by atoms with Gasteiger partial charge in [0.25, 0.3) is 0 Å². The van der Waals surface area contributed by atoms with Crippen molar-refractivity contribution in [2.24, 2.45) is 0 Å². The molecular formula is C16H28O4. The van der Waals surface area contributed by atoms with Crippen molar-refractivity contribution in [1.29, 1.82) is 0 Å². The van der Waals surface area contributed by atoms with Crippen LogP contribution in [0.15, 0.2) is 24.3 Å². The lowest BCUT2D eigenvalue weighted by Crippen LogP contribution is -1.97. The molecule has 0 aromatic rings. The first kappa shape index (κ1) is 20.7. The fourth-order valence-corrected chi connectivity index (χ4v) is 1.14. The minimum Gasteiger partial charge on any atom is -0.481 e. The standard InChI is InChI=1S/2C8H14O2/c1-3-4-5-6-7-10-8(2)9;1-2-3-4-5-6-7-8(9)10/h5-6H,3-4,7H2,1-2H3;5-6H,2-4,7H2,1H3,(H,9,10)/b2*6-5+. The molecule has 0 unspecified atom stereocenters. The highest BCUT2D eigenvalue weighted by Crippen LogP contribution is 1.95. The van der Waals surface area contributed by atoms with E-state index >= 15 is 0 Å². The van der Waals surface area contributed by atoms with Gasteiger partial charge in [-0.2, -0.15) is 0 Å². The van der Waals surface area contributed by atoms with Gasteiger partial charge in [-0.3, -0.25) is 9.59 Å². The van der Waals surface area contributed by atoms with Crippen molar-refractivity contribution in [1.82, 2.24) is 0 Å². The van der Waals surface area contributed by atoms with Crippen molar-refractivity contribution in [3.8, 4) is 0 Å². The maximum Gasteiger partial charge on any atom is 0.307 e. The summed E-state index contributed by atoms with van der Waals surface area (Å²) >= 11 is 0. The van der Waals surface area contributed by atoms with E-state index in [0.717, 1.165) is 32.1 Å². The average Bonchev–Trinajstić information content (AvgIpc) is 2.38. The Kier molecular flexibility index (Phi) is 18.1. The van der Waals surface area contributed by atoms with Gasteiger partial charge in [-0.1, -0.05) is 57.4 Å². The molecule has 0 aromatic carbocycles. The van der Waals surface area contributed by atoms with Crippen LogP contribution in [0.25, 0.3) is 0 Å². The Morgan fingerprint density at radius 3 is 2.15 bits per heavy atom. The first-order chi connectivity index (χ1) is 9.54. The molecule has 0 heterocycles. The number of hydrogen-bond acceptors (Lipinski definition) is 3. The Hall–Kier alpha value is -1.58. The van der Waals surface area contributed by atoms with Gasteiger partial charge in [-0.05, 0) is 12.8 Å². The zero-order chi connectivity index (χ0) is 15.6. The number of carbonyl (C=O) groups excluding carboxylic acids is 1. The number of allylic oxidation sites excluding steroid dienone is 2. The van der Waals surface area contributed by atoms with E-state index in [-0.39, 0.29) is 12.4 Å². The molecule has 0 aromatic heterocycles. The predicted molar refractivity (Wildman–Crippen MR) is 81.6 cm³/mol. The van der Waals surface area contributed by atoms with E-state index in [9.17, 15) is 9.59 Å². The second-order valence-electron chi connectivity index (χ2n) is 4.27. The Labute approximate surface area is 122 Å². The molecule has 20 heavy (non-hydrogen) atoms. The van der Waals surface area contributed by atoms with Crippen LogP contribution in [0.3, 0.4) is 0 Å². The number of aliphatic carboxylic acids is 1. The van der Waals surface area contributed by atoms with Crippen LogP contribution in [0, 0.1) is 0 Å². The number of hydrogen-bond donors (Lipinski definition) is 1. The highest BCUT2D eigenvalue weighted by Gasteiger charge is 1.87. The lowest BCUT2D eigenvalue weighted by Gasteiger charge is -1.93. The van der Waals surface area contributed by atoms with Gasteiger partial charge >= 0.3 is 11.9 Å². The second kappa shape index (κ2) is 17.4. The molecule has 0 fully saturated rings. The van der Waals surface area contributed by atoms with Crippen LogP contribution in [-0.2, 0) is 14.3 Å². The number of ether oxygens (including phenoxy) is 1. The second-order valence-corrected chi connectivity index (χ2v) is 4.27. The zero-order valence-electron chi connectivity index (χ0n) is 12.9. The van der Waals surface area contributed by atoms with Crippen molar-refractivity contribution < 1.29 is 19.4 Å². The Morgan fingerprint density at radius 2 is 1.65 bits per heavy atom. The summed E-state index contributed by atoms with van der Waals surface area (Å²) in [6.07, 6.45) is 13.2. The van der Waals surface area contributed by atoms with Crippen LogP contribution in [0.4, 0.5) is 0 Å². The molecule has 116 valence electrons. The predicted octanol–water partition coefficient (Wildman–Crippen LogP) is 4.11. The summed E-state index contributed by atoms with van der Waals surface area (Å²) < 4.78 is 4.66. The average molecular weight is 284 g/mol. The molecule has 4 nitrogen and oxygen atoms in total. The highest BCUT2D eigenvalue weighted by atomic mass is 16.5. The van der Waals surface area contributed by atoms with Crippen molar-refractivity contribution >= 4 is 11.9 Å². The van der Waals surface area contributed by atoms with Gasteiger partial charge in [0, 0.05) is 6.92 Å². The van der Waals surface area contributed by atoms with Gasteiger partial charge in [0.2, 0.25) is 0 Å². The Bertz CT molecular complexity index is 293. The van der Waals surface area contributed by atoms with Crippen molar-refractivity contribution in [2.45, 2.75) is 59.3 Å². The van der Waals surface area contributed by atoms with Gasteiger partial charge in [0.1, 0.15) is 6.61 Å². The molecule has 0 rings (SSSR count). The molecule has 0 bridgehead atoms. The van der Waals surface area contributed by atoms with Gasteiger partial charge < -0.3 is 9.84 Å². The first-order valence-electron chi connectivity index (χ1n) is 7.19. The minimum absolute atomic E-state index is 0.156. The van der Waals surface area contributed by atoms with Crippen LogP contribution in [-0.4, -0.2) is 23.7 Å². The molecule has 0 amide bonds. The van der Waals surface area contributed by atoms with Crippen molar-refractivity contribution in [3.63, 3.8) is 0 Å². The van der Waals surface area contributed by atoms with Gasteiger partial charge in [0.05, 0.1) is 6.42 Å². The molecule has 0 atom stereocenters. The fraction of sp³-hybridized carbons (Fsp3) is 0.625. The molecule has 0 saturated heterocycles. The molecule has 0 aliphatic rings. The third-order valence-electron chi connectivity index (χ3n) is 2.19. The smallest absolute Gasteiger partial charge is 0.307 e. The molecule has 0 radical (unpaired) electrons. The molecule has 0 aliphatic carbocycles. The fourth-order valence-electron chi connectivity index (χ4n) is 1.14. The number of carboxylic acids is 1. The summed E-state index contributed by atoms with van der Waals surface area (Å²) in [4.78, 5) is 20.2. The molecule has 0 saturated carbocycles. The summed E-state index contributed by atoms with van der Waals surface area (Å²) in [5.41, 5.74) is 0. The van der Waals surface area contributed by atoms with Crippen LogP contribution in [0.5, 0.6) is 0 Å². The van der Waals surface area contributed by atoms with Crippen LogP contribution < -0.4 is 0 Å². The summed E-state index contributed by atoms with van der Waals surface area (Å²) in [5, 5.41) is 8.22. The SMILES string of the molecule is CCC/C=C/COC(C)=O.CCCC/C=C/CC(=O)O. The van der Waals surface area contributed by atoms with Crippen LogP contribution >= 0.6 is 0 Å². The molecule has 0 aliphatic heterocycles. The quantitative estimate of drug-likeness (QED) is 0.393. The highest BCUT2D eigenvalue weighted by molar-refractivity contribution is 5.68. The normalized spacial score (nSPS) is 10.3. The van der Waals surface area contributed by atoms with Gasteiger partial charge in [-0.25, -0.2) is 0 Å². The van der Waals surface area contributed by atoms with E-state index in [0.29, 0.717) is 6.61 Å². The summed E-state index contributed by atoms with van der Waals surface area (Å²) in [6.45, 7) is 6.05. The van der Waals surface area contributed by atoms with E-state index in [1.54, 1.807) is 6.08 Å². The van der Waals surface area contributed by atoms with E-state index < -0.39 is 5.97 Å². The number of esters is 1. The van der Waals surface area contributed by atoms with E-state index in [2.05, 4.69) is 18.6 Å². The van der Waals surface area contributed by atoms with Crippen molar-refractivity contribution in [2.75, 3.05) is 6.61 Å². The van der Waals surface area contributed by atoms with Crippen LogP contribution in [0.2, 0.25) is 0 Å². The lowest BCUT2D eigenvalue weighted by atomic mass is 10.2. The summed E-state index contributed by atoms with van der Waals surface area (Å²) in [7, 11) is 0. The van der Waals surface area contributed by atoms with E-state index in [4.69, 9.17) is 5.11 Å². The maximum absolute atomic E-state index is 10.2. The molecule has 1 N–H and O–H groups in total. The van der Waals surface area contributed by atoms with Gasteiger partial charge in [-0.15, -0.1) is 0 Å². The number of carboxylic acid groups (broad SMARTS) is 1. The van der Waals surface area contributed by atoms with E-state index in [1.165, 1.54) is 6.92 Å². The van der Waals surface area contributed by atoms with Gasteiger partial charge in [0.15, 0.2) is 0 Å². The lowest BCUT2D eigenvalue weighted by molar-refractivity contribution is -0.139. The van der Waals surface area contributed by atoms with Crippen LogP contribution in [0.1, 0.15) is 59.3 Å². The largest absolute Gasteiger partial charge is 0.481 e. The van der Waals surface area contributed by atoms with Crippen molar-refractivity contribution in [3.05, 3.63) is 24.3 Å². The minimum atomic E-state index is -0.757. The maximum atomic E-state index is 10.2. The monoisotopic (exact) mass is 284 g/mol. The number of rotatable bonds is 9. The number of carbonyl (C=O) groups is 2. The summed E-state index contributed by atoms with van der Waals surface area (Å²) in [5.74, 6) is -0.978. The number of unbranched alkanes of at least 4 members (excludes halogenated alkanes) is 3. The Balaban J connectivity index is 0. The first-order valence-corrected chi connectivity index (χ1v) is 7.19. The zero-order valence-corrected chi connectivity index (χ0v) is 12.9. The third-order valence-corrected chi connectivity index (χ3v) is 2.19. The Morgan fingerprint density at radius 1 is 1.00 bits per heavy atom. The molecule has 0 spiro atoms. The molecular weight excluding hydrogens is 256 g/mol. The molecule has 4 heteroatoms. The third kappa shape index (κ3) is 25.3. The summed E-state index contributed by atoms with van der Waals surface area (Å²) in [6, 6.07) is 0. The van der Waals surface area contributed by atoms with E-state index in [1.807, 2.05) is 18.2 Å².